The first-order valence-electron chi connectivity index (χ1n) is 14.8. The fourth-order valence-electron chi connectivity index (χ4n) is 6.85. The van der Waals surface area contributed by atoms with E-state index in [0.717, 1.165) is 6.42 Å². The monoisotopic (exact) mass is 494 g/mol. The quantitative estimate of drug-likeness (QED) is 0.307. The summed E-state index contributed by atoms with van der Waals surface area (Å²) >= 11 is 0. The van der Waals surface area contributed by atoms with Gasteiger partial charge in [-0.05, 0) is 129 Å². The van der Waals surface area contributed by atoms with E-state index < -0.39 is 0 Å². The summed E-state index contributed by atoms with van der Waals surface area (Å²) < 4.78 is 0. The van der Waals surface area contributed by atoms with E-state index in [1.54, 1.807) is 16.4 Å². The zero-order valence-electron chi connectivity index (χ0n) is 25.4. The number of hydrogen-bond acceptors (Lipinski definition) is 0. The van der Waals surface area contributed by atoms with Crippen molar-refractivity contribution in [2.24, 2.45) is 0 Å². The first kappa shape index (κ1) is 27.7. The molecule has 2 aromatic rings. The van der Waals surface area contributed by atoms with Gasteiger partial charge in [0.25, 0.3) is 0 Å². The van der Waals surface area contributed by atoms with Gasteiger partial charge in [-0.1, -0.05) is 98.1 Å². The van der Waals surface area contributed by atoms with Crippen LogP contribution < -0.4 is 10.4 Å². The lowest BCUT2D eigenvalue weighted by Crippen LogP contribution is -2.29. The Morgan fingerprint density at radius 1 is 0.865 bits per heavy atom. The minimum Gasteiger partial charge on any atom is -0.0801 e. The second-order valence-electron chi connectivity index (χ2n) is 13.6. The van der Waals surface area contributed by atoms with Crippen LogP contribution in [0.2, 0.25) is 0 Å². The standard InChI is InChI=1S/C37H50/c1-11-13-17-27(18-14-12-2)33-34-29-23-31(36(5,6)7)24(3)21-28(29)22-30(34)32(26-19-15-16-20-26)25(4)35(33)37(8,9)10/h15-16,19,21-23H,11-14,17-18,20H2,1-10H3. The fraction of sp³-hybridized carbons (Fsp3) is 0.514. The second kappa shape index (κ2) is 10.4. The van der Waals surface area contributed by atoms with Crippen LogP contribution in [0, 0.1) is 24.3 Å². The molecule has 2 aromatic carbocycles. The zero-order chi connectivity index (χ0) is 27.1. The van der Waals surface area contributed by atoms with Gasteiger partial charge in [0.15, 0.2) is 0 Å². The van der Waals surface area contributed by atoms with Crippen LogP contribution >= 0.6 is 0 Å². The third kappa shape index (κ3) is 5.19. The van der Waals surface area contributed by atoms with Gasteiger partial charge in [-0.2, -0.15) is 0 Å². The van der Waals surface area contributed by atoms with Crippen molar-refractivity contribution in [2.75, 3.05) is 0 Å². The van der Waals surface area contributed by atoms with Gasteiger partial charge in [-0.25, -0.2) is 0 Å². The van der Waals surface area contributed by atoms with Crippen molar-refractivity contribution in [1.29, 1.82) is 0 Å². The Labute approximate surface area is 226 Å². The Hall–Kier alpha value is -2.34. The van der Waals surface area contributed by atoms with Crippen molar-refractivity contribution in [2.45, 2.75) is 125 Å². The lowest BCUT2D eigenvalue weighted by Gasteiger charge is -2.28. The van der Waals surface area contributed by atoms with Crippen LogP contribution in [-0.4, -0.2) is 0 Å². The van der Waals surface area contributed by atoms with Crippen molar-refractivity contribution in [1.82, 2.24) is 0 Å². The molecule has 0 nitrogen and oxygen atoms in total. The van der Waals surface area contributed by atoms with Gasteiger partial charge in [0, 0.05) is 0 Å². The summed E-state index contributed by atoms with van der Waals surface area (Å²) in [5, 5.41) is 5.99. The number of hydrogen-bond donors (Lipinski definition) is 0. The Kier molecular flexibility index (Phi) is 7.81. The molecule has 0 unspecified atom stereocenters. The third-order valence-corrected chi connectivity index (χ3v) is 8.42. The van der Waals surface area contributed by atoms with Gasteiger partial charge >= 0.3 is 0 Å². The van der Waals surface area contributed by atoms with Crippen molar-refractivity contribution < 1.29 is 0 Å². The van der Waals surface area contributed by atoms with E-state index in [1.807, 2.05) is 0 Å². The lowest BCUT2D eigenvalue weighted by atomic mass is 9.76. The molecule has 0 atom stereocenters. The maximum atomic E-state index is 2.56. The topological polar surface area (TPSA) is 0 Å². The average molecular weight is 495 g/mol. The molecule has 2 aliphatic carbocycles. The molecule has 0 N–H and O–H groups in total. The number of aryl methyl sites for hydroxylation is 1. The molecule has 0 bridgehead atoms. The Balaban J connectivity index is 2.35. The van der Waals surface area contributed by atoms with E-state index in [4.69, 9.17) is 0 Å². The first-order chi connectivity index (χ1) is 17.4. The second-order valence-corrected chi connectivity index (χ2v) is 13.6. The highest BCUT2D eigenvalue weighted by Gasteiger charge is 2.28. The highest BCUT2D eigenvalue weighted by molar-refractivity contribution is 5.82. The minimum atomic E-state index is 0.0692. The van der Waals surface area contributed by atoms with Gasteiger partial charge in [0.2, 0.25) is 0 Å². The molecule has 2 aliphatic rings. The van der Waals surface area contributed by atoms with Crippen LogP contribution in [0.3, 0.4) is 0 Å². The zero-order valence-corrected chi connectivity index (χ0v) is 25.4. The minimum absolute atomic E-state index is 0.0692. The van der Waals surface area contributed by atoms with Crippen molar-refractivity contribution in [3.8, 4) is 0 Å². The Bertz CT molecular complexity index is 1460. The number of allylic oxidation sites excluding steroid dienone is 4. The van der Waals surface area contributed by atoms with Crippen LogP contribution in [-0.2, 0) is 10.8 Å². The fourth-order valence-corrected chi connectivity index (χ4v) is 6.85. The molecule has 37 heavy (non-hydrogen) atoms. The Morgan fingerprint density at radius 2 is 1.51 bits per heavy atom. The van der Waals surface area contributed by atoms with Crippen LogP contribution in [0.15, 0.2) is 30.4 Å². The van der Waals surface area contributed by atoms with E-state index in [-0.39, 0.29) is 10.8 Å². The SMILES string of the molecule is CCCCC(CCCC)=c1c(C(C)(C)C)c(C)c(C2=CC=CC2)c2c1=c1cc(C(C)(C)C)c(C)cc1=C2. The van der Waals surface area contributed by atoms with E-state index in [2.05, 4.69) is 106 Å². The summed E-state index contributed by atoms with van der Waals surface area (Å²) in [4.78, 5) is 0. The molecule has 0 spiro atoms. The highest BCUT2D eigenvalue weighted by Crippen LogP contribution is 2.37. The Morgan fingerprint density at radius 3 is 2.03 bits per heavy atom. The molecule has 0 saturated carbocycles. The maximum absolute atomic E-state index is 2.56. The molecule has 0 amide bonds. The predicted molar refractivity (Wildman–Crippen MR) is 164 cm³/mol. The molecule has 0 aliphatic heterocycles. The summed E-state index contributed by atoms with van der Waals surface area (Å²) in [7, 11) is 0. The lowest BCUT2D eigenvalue weighted by molar-refractivity contribution is 0.579. The number of fused-ring (bicyclic) bond motifs is 2. The number of benzene rings is 2. The van der Waals surface area contributed by atoms with Crippen molar-refractivity contribution in [3.63, 3.8) is 0 Å². The predicted octanol–water partition coefficient (Wildman–Crippen LogP) is 9.20. The number of rotatable bonds is 7. The maximum Gasteiger partial charge on any atom is -0.00237 e. The molecular weight excluding hydrogens is 444 g/mol. The molecule has 0 aromatic heterocycles. The van der Waals surface area contributed by atoms with Gasteiger partial charge in [-0.3, -0.25) is 0 Å². The molecule has 0 heteroatoms. The average Bonchev–Trinajstić information content (AvgIpc) is 3.44. The van der Waals surface area contributed by atoms with E-state index in [0.29, 0.717) is 0 Å². The van der Waals surface area contributed by atoms with E-state index >= 15 is 0 Å². The van der Waals surface area contributed by atoms with Crippen LogP contribution in [0.4, 0.5) is 0 Å². The molecule has 0 heterocycles. The smallest absolute Gasteiger partial charge is 0.00237 e. The van der Waals surface area contributed by atoms with Gasteiger partial charge in [0.05, 0.1) is 0 Å². The van der Waals surface area contributed by atoms with Crippen molar-refractivity contribution in [3.05, 3.63) is 84.6 Å². The van der Waals surface area contributed by atoms with Crippen molar-refractivity contribution >= 4 is 17.2 Å². The van der Waals surface area contributed by atoms with E-state index in [1.165, 1.54) is 87.6 Å². The van der Waals surface area contributed by atoms with E-state index in [9.17, 15) is 0 Å². The van der Waals surface area contributed by atoms with Gasteiger partial charge in [-0.15, -0.1) is 0 Å². The normalized spacial score (nSPS) is 14.5. The summed E-state index contributed by atoms with van der Waals surface area (Å²) in [5.41, 5.74) is 12.3. The van der Waals surface area contributed by atoms with Crippen LogP contribution in [0.5, 0.6) is 0 Å². The summed E-state index contributed by atoms with van der Waals surface area (Å²) in [6, 6.07) is 5.02. The highest BCUT2D eigenvalue weighted by atomic mass is 14.3. The molecule has 198 valence electrons. The largest absolute Gasteiger partial charge is 0.0801 e. The number of unbranched alkanes of at least 4 members (excludes halogenated alkanes) is 2. The van der Waals surface area contributed by atoms with Crippen LogP contribution in [0.25, 0.3) is 17.2 Å². The summed E-state index contributed by atoms with van der Waals surface area (Å²) in [6.45, 7) is 23.8. The molecule has 0 radical (unpaired) electrons. The molecule has 0 saturated heterocycles. The molecular formula is C37H50. The van der Waals surface area contributed by atoms with Gasteiger partial charge in [0.1, 0.15) is 0 Å². The summed E-state index contributed by atoms with van der Waals surface area (Å²) in [6.07, 6.45) is 17.9. The van der Waals surface area contributed by atoms with Crippen LogP contribution in [0.1, 0.15) is 134 Å². The van der Waals surface area contributed by atoms with Gasteiger partial charge < -0.3 is 0 Å². The molecule has 4 rings (SSSR count). The molecule has 0 fully saturated rings. The first-order valence-corrected chi connectivity index (χ1v) is 14.8. The summed E-state index contributed by atoms with van der Waals surface area (Å²) in [5.74, 6) is 0. The third-order valence-electron chi connectivity index (χ3n) is 8.42.